The molecule has 0 aromatic carbocycles. The van der Waals surface area contributed by atoms with Crippen molar-refractivity contribution in [3.63, 3.8) is 0 Å². The standard InChI is InChI=1S/C13H28O4S/c1-3-5-7-9-11-13(17-18(14,15)16)12-10-8-6-4-2/h13H,3-12H2,1-2H3,(H,14,15,16). The van der Waals surface area contributed by atoms with E-state index in [1.165, 1.54) is 0 Å². The average molecular weight is 280 g/mol. The van der Waals surface area contributed by atoms with E-state index < -0.39 is 10.4 Å². The summed E-state index contributed by atoms with van der Waals surface area (Å²) in [6.45, 7) is 4.27. The maximum atomic E-state index is 10.8. The molecular weight excluding hydrogens is 252 g/mol. The van der Waals surface area contributed by atoms with Crippen LogP contribution in [0.2, 0.25) is 0 Å². The topological polar surface area (TPSA) is 63.6 Å². The van der Waals surface area contributed by atoms with Crippen molar-refractivity contribution in [2.75, 3.05) is 0 Å². The summed E-state index contributed by atoms with van der Waals surface area (Å²) in [6.07, 6.45) is 9.81. The van der Waals surface area contributed by atoms with E-state index in [4.69, 9.17) is 8.74 Å². The lowest BCUT2D eigenvalue weighted by molar-refractivity contribution is 0.157. The van der Waals surface area contributed by atoms with Crippen LogP contribution in [0.3, 0.4) is 0 Å². The second-order valence-electron chi connectivity index (χ2n) is 4.84. The number of hydrogen-bond donors (Lipinski definition) is 1. The van der Waals surface area contributed by atoms with Crippen molar-refractivity contribution in [1.29, 1.82) is 0 Å². The molecule has 110 valence electrons. The molecule has 0 radical (unpaired) electrons. The van der Waals surface area contributed by atoms with E-state index in [2.05, 4.69) is 13.8 Å². The van der Waals surface area contributed by atoms with E-state index in [9.17, 15) is 8.42 Å². The van der Waals surface area contributed by atoms with Gasteiger partial charge in [0.05, 0.1) is 6.10 Å². The predicted octanol–water partition coefficient (Wildman–Crippen LogP) is 4.12. The van der Waals surface area contributed by atoms with Crippen molar-refractivity contribution < 1.29 is 17.2 Å². The second kappa shape index (κ2) is 10.8. The summed E-state index contributed by atoms with van der Waals surface area (Å²) in [6, 6.07) is 0. The fourth-order valence-electron chi connectivity index (χ4n) is 2.01. The van der Waals surface area contributed by atoms with Crippen LogP contribution < -0.4 is 0 Å². The van der Waals surface area contributed by atoms with Crippen LogP contribution in [0.1, 0.15) is 78.1 Å². The van der Waals surface area contributed by atoms with Gasteiger partial charge in [0.1, 0.15) is 0 Å². The van der Waals surface area contributed by atoms with Crippen LogP contribution >= 0.6 is 0 Å². The van der Waals surface area contributed by atoms with Gasteiger partial charge >= 0.3 is 10.4 Å². The number of hydrogen-bond acceptors (Lipinski definition) is 3. The van der Waals surface area contributed by atoms with E-state index in [-0.39, 0.29) is 6.10 Å². The van der Waals surface area contributed by atoms with Crippen LogP contribution in [0.4, 0.5) is 0 Å². The highest BCUT2D eigenvalue weighted by molar-refractivity contribution is 7.80. The van der Waals surface area contributed by atoms with Gasteiger partial charge < -0.3 is 0 Å². The number of rotatable bonds is 12. The Morgan fingerprint density at radius 3 is 1.67 bits per heavy atom. The Labute approximate surface area is 112 Å². The summed E-state index contributed by atoms with van der Waals surface area (Å²) >= 11 is 0. The predicted molar refractivity (Wildman–Crippen MR) is 73.9 cm³/mol. The molecule has 5 heteroatoms. The van der Waals surface area contributed by atoms with E-state index in [0.717, 1.165) is 51.4 Å². The SMILES string of the molecule is CCCCCCC(CCCCCC)OS(=O)(=O)O. The summed E-state index contributed by atoms with van der Waals surface area (Å²) in [4.78, 5) is 0. The molecule has 1 N–H and O–H groups in total. The molecule has 0 saturated heterocycles. The lowest BCUT2D eigenvalue weighted by atomic mass is 10.0. The van der Waals surface area contributed by atoms with Gasteiger partial charge in [-0.1, -0.05) is 65.2 Å². The molecule has 0 aliphatic heterocycles. The van der Waals surface area contributed by atoms with Crippen molar-refractivity contribution in [3.8, 4) is 0 Å². The van der Waals surface area contributed by atoms with E-state index in [1.54, 1.807) is 0 Å². The van der Waals surface area contributed by atoms with Gasteiger partial charge in [-0.25, -0.2) is 4.18 Å². The first-order valence-corrected chi connectivity index (χ1v) is 8.51. The quantitative estimate of drug-likeness (QED) is 0.431. The Kier molecular flexibility index (Phi) is 10.7. The maximum absolute atomic E-state index is 10.8. The molecule has 0 aliphatic carbocycles. The molecule has 0 atom stereocenters. The molecule has 0 heterocycles. The lowest BCUT2D eigenvalue weighted by Crippen LogP contribution is -2.18. The highest BCUT2D eigenvalue weighted by atomic mass is 32.3. The minimum Gasteiger partial charge on any atom is -0.264 e. The summed E-state index contributed by atoms with van der Waals surface area (Å²) in [5, 5.41) is 0. The molecule has 0 unspecified atom stereocenters. The molecule has 0 aromatic heterocycles. The molecule has 0 fully saturated rings. The van der Waals surface area contributed by atoms with Crippen LogP contribution in [0.15, 0.2) is 0 Å². The molecule has 0 amide bonds. The van der Waals surface area contributed by atoms with Gasteiger partial charge in [-0.2, -0.15) is 8.42 Å². The van der Waals surface area contributed by atoms with Crippen LogP contribution in [-0.4, -0.2) is 19.1 Å². The van der Waals surface area contributed by atoms with Gasteiger partial charge in [-0.05, 0) is 12.8 Å². The van der Waals surface area contributed by atoms with Crippen molar-refractivity contribution in [2.45, 2.75) is 84.2 Å². The highest BCUT2D eigenvalue weighted by Gasteiger charge is 2.16. The van der Waals surface area contributed by atoms with Crippen LogP contribution in [-0.2, 0) is 14.6 Å². The Morgan fingerprint density at radius 1 is 0.889 bits per heavy atom. The third-order valence-electron chi connectivity index (χ3n) is 3.02. The maximum Gasteiger partial charge on any atom is 0.397 e. The highest BCUT2D eigenvalue weighted by Crippen LogP contribution is 2.16. The van der Waals surface area contributed by atoms with E-state index >= 15 is 0 Å². The minimum absolute atomic E-state index is 0.353. The normalized spacial score (nSPS) is 12.2. The van der Waals surface area contributed by atoms with E-state index in [0.29, 0.717) is 12.8 Å². The second-order valence-corrected chi connectivity index (χ2v) is 5.89. The fraction of sp³-hybridized carbons (Fsp3) is 1.00. The fourth-order valence-corrected chi connectivity index (χ4v) is 2.55. The first-order chi connectivity index (χ1) is 8.49. The van der Waals surface area contributed by atoms with Gasteiger partial charge in [0.2, 0.25) is 0 Å². The van der Waals surface area contributed by atoms with Crippen molar-refractivity contribution in [2.24, 2.45) is 0 Å². The molecule has 0 saturated carbocycles. The van der Waals surface area contributed by atoms with Gasteiger partial charge in [-0.3, -0.25) is 4.55 Å². The van der Waals surface area contributed by atoms with Crippen LogP contribution in [0, 0.1) is 0 Å². The molecule has 0 spiro atoms. The average Bonchev–Trinajstić information content (AvgIpc) is 2.28. The molecule has 0 rings (SSSR count). The van der Waals surface area contributed by atoms with Crippen molar-refractivity contribution in [3.05, 3.63) is 0 Å². The Morgan fingerprint density at radius 2 is 1.33 bits per heavy atom. The molecular formula is C13H28O4S. The van der Waals surface area contributed by atoms with Crippen molar-refractivity contribution >= 4 is 10.4 Å². The molecule has 0 aliphatic rings. The first-order valence-electron chi connectivity index (χ1n) is 7.15. The zero-order chi connectivity index (χ0) is 13.9. The Bertz CT molecular complexity index is 263. The molecule has 0 bridgehead atoms. The summed E-state index contributed by atoms with van der Waals surface area (Å²) < 4.78 is 35.0. The number of unbranched alkanes of at least 4 members (excludes halogenated alkanes) is 6. The van der Waals surface area contributed by atoms with Crippen LogP contribution in [0.25, 0.3) is 0 Å². The third-order valence-corrected chi connectivity index (χ3v) is 3.53. The van der Waals surface area contributed by atoms with Gasteiger partial charge in [0.15, 0.2) is 0 Å². The first kappa shape index (κ1) is 17.9. The summed E-state index contributed by atoms with van der Waals surface area (Å²) in [5.41, 5.74) is 0. The third kappa shape index (κ3) is 12.3. The molecule has 18 heavy (non-hydrogen) atoms. The monoisotopic (exact) mass is 280 g/mol. The Balaban J connectivity index is 3.92. The van der Waals surface area contributed by atoms with Crippen molar-refractivity contribution in [1.82, 2.24) is 0 Å². The van der Waals surface area contributed by atoms with Crippen LogP contribution in [0.5, 0.6) is 0 Å². The zero-order valence-electron chi connectivity index (χ0n) is 11.7. The van der Waals surface area contributed by atoms with Gasteiger partial charge in [0, 0.05) is 0 Å². The summed E-state index contributed by atoms with van der Waals surface area (Å²) in [5.74, 6) is 0. The van der Waals surface area contributed by atoms with E-state index in [1.807, 2.05) is 0 Å². The smallest absolute Gasteiger partial charge is 0.264 e. The zero-order valence-corrected chi connectivity index (χ0v) is 12.5. The minimum atomic E-state index is -4.31. The van der Waals surface area contributed by atoms with Gasteiger partial charge in [0.25, 0.3) is 0 Å². The lowest BCUT2D eigenvalue weighted by Gasteiger charge is -2.15. The largest absolute Gasteiger partial charge is 0.397 e. The summed E-state index contributed by atoms with van der Waals surface area (Å²) in [7, 11) is -4.31. The van der Waals surface area contributed by atoms with Gasteiger partial charge in [-0.15, -0.1) is 0 Å². The Hall–Kier alpha value is -0.130. The molecule has 0 aromatic rings. The molecule has 4 nitrogen and oxygen atoms in total.